The van der Waals surface area contributed by atoms with Gasteiger partial charge in [-0.1, -0.05) is 17.7 Å². The molecule has 1 atom stereocenters. The lowest BCUT2D eigenvalue weighted by Gasteiger charge is -2.36. The highest BCUT2D eigenvalue weighted by atomic mass is 35.5. The van der Waals surface area contributed by atoms with Crippen molar-refractivity contribution < 1.29 is 13.6 Å². The summed E-state index contributed by atoms with van der Waals surface area (Å²) in [6.45, 7) is 9.77. The van der Waals surface area contributed by atoms with Crippen LogP contribution >= 0.6 is 11.6 Å². The molecule has 5 rings (SSSR count). The lowest BCUT2D eigenvalue weighted by atomic mass is 9.97. The van der Waals surface area contributed by atoms with Crippen LogP contribution in [0.1, 0.15) is 30.7 Å². The molecule has 1 amide bonds. The van der Waals surface area contributed by atoms with E-state index in [0.717, 1.165) is 87.8 Å². The van der Waals surface area contributed by atoms with E-state index in [1.54, 1.807) is 0 Å². The normalized spacial score (nSPS) is 18.8. The number of hydrogen-bond donors (Lipinski definition) is 1. The molecule has 2 aliphatic rings. The molecule has 3 aromatic rings. The third-order valence-corrected chi connectivity index (χ3v) is 7.96. The summed E-state index contributed by atoms with van der Waals surface area (Å²) in [6, 6.07) is 14.2. The van der Waals surface area contributed by atoms with Gasteiger partial charge in [-0.25, -0.2) is 9.37 Å². The van der Waals surface area contributed by atoms with Crippen LogP contribution < -0.4 is 10.2 Å². The van der Waals surface area contributed by atoms with E-state index in [-0.39, 0.29) is 17.6 Å². The second-order valence-corrected chi connectivity index (χ2v) is 11.0. The molecule has 1 N–H and O–H groups in total. The highest BCUT2D eigenvalue weighted by molar-refractivity contribution is 6.30. The Bertz CT molecular complexity index is 1240. The zero-order valence-electron chi connectivity index (χ0n) is 22.5. The number of piperazine rings is 1. The van der Waals surface area contributed by atoms with E-state index in [2.05, 4.69) is 20.0 Å². The van der Waals surface area contributed by atoms with Crippen LogP contribution in [-0.4, -0.2) is 73.0 Å². The number of benzene rings is 2. The molecule has 7 nitrogen and oxygen atoms in total. The number of likely N-dealkylation sites (tertiary alicyclic amines) is 1. The molecule has 0 spiro atoms. The minimum absolute atomic E-state index is 0.00221. The number of hydrogen-bond acceptors (Lipinski definition) is 6. The maximum atomic E-state index is 13.2. The number of halogens is 2. The molecule has 2 aromatic carbocycles. The summed E-state index contributed by atoms with van der Waals surface area (Å²) in [5.74, 6) is 1.33. The Morgan fingerprint density at radius 1 is 1.10 bits per heavy atom. The standard InChI is InChI=1S/C30H37ClFN5O2/c1-22-28(34-30(39-22)23-5-2-7-25(31)19-23)21-36-13-3-6-24(20-36)29(38)33-12-4-14-35-15-17-37(18-16-35)27-10-8-26(32)9-11-27/h2,5,7-11,19,24H,3-4,6,12-18,20-21H2,1H3,(H,33,38)/t24-/m1/s1. The molecule has 0 radical (unpaired) electrons. The predicted molar refractivity (Wildman–Crippen MR) is 152 cm³/mol. The minimum Gasteiger partial charge on any atom is -0.441 e. The van der Waals surface area contributed by atoms with Gasteiger partial charge in [-0.15, -0.1) is 0 Å². The largest absolute Gasteiger partial charge is 0.441 e. The van der Waals surface area contributed by atoms with Crippen LogP contribution in [0.3, 0.4) is 0 Å². The van der Waals surface area contributed by atoms with Gasteiger partial charge in [0, 0.05) is 62.1 Å². The summed E-state index contributed by atoms with van der Waals surface area (Å²) < 4.78 is 19.1. The lowest BCUT2D eigenvalue weighted by molar-refractivity contribution is -0.126. The quantitative estimate of drug-likeness (QED) is 0.377. The second-order valence-electron chi connectivity index (χ2n) is 10.6. The second kappa shape index (κ2) is 12.9. The number of anilines is 1. The van der Waals surface area contributed by atoms with Gasteiger partial charge >= 0.3 is 0 Å². The fraction of sp³-hybridized carbons (Fsp3) is 0.467. The zero-order valence-corrected chi connectivity index (χ0v) is 23.3. The number of rotatable bonds is 9. The van der Waals surface area contributed by atoms with E-state index in [9.17, 15) is 9.18 Å². The first-order valence-electron chi connectivity index (χ1n) is 13.9. The third kappa shape index (κ3) is 7.38. The third-order valence-electron chi connectivity index (χ3n) is 7.73. The minimum atomic E-state index is -0.200. The van der Waals surface area contributed by atoms with Gasteiger partial charge in [-0.2, -0.15) is 0 Å². The maximum Gasteiger partial charge on any atom is 0.226 e. The van der Waals surface area contributed by atoms with Crippen molar-refractivity contribution in [2.75, 3.05) is 57.3 Å². The van der Waals surface area contributed by atoms with Gasteiger partial charge in [0.2, 0.25) is 11.8 Å². The van der Waals surface area contributed by atoms with Crippen LogP contribution in [0.4, 0.5) is 10.1 Å². The van der Waals surface area contributed by atoms with Crippen molar-refractivity contribution in [3.8, 4) is 11.5 Å². The van der Waals surface area contributed by atoms with Crippen molar-refractivity contribution in [2.24, 2.45) is 5.92 Å². The van der Waals surface area contributed by atoms with Crippen molar-refractivity contribution >= 4 is 23.2 Å². The summed E-state index contributed by atoms with van der Waals surface area (Å²) in [7, 11) is 0. The Kier molecular flexibility index (Phi) is 9.17. The van der Waals surface area contributed by atoms with E-state index in [4.69, 9.17) is 21.0 Å². The number of carbonyl (C=O) groups is 1. The van der Waals surface area contributed by atoms with Crippen LogP contribution in [0.5, 0.6) is 0 Å². The molecular weight excluding hydrogens is 517 g/mol. The van der Waals surface area contributed by atoms with Crippen LogP contribution in [0.15, 0.2) is 52.9 Å². The number of aryl methyl sites for hydroxylation is 1. The maximum absolute atomic E-state index is 13.2. The van der Waals surface area contributed by atoms with Gasteiger partial charge in [-0.05, 0) is 81.7 Å². The number of amides is 1. The summed E-state index contributed by atoms with van der Waals surface area (Å²) in [4.78, 5) is 24.7. The van der Waals surface area contributed by atoms with E-state index in [1.807, 2.05) is 43.3 Å². The van der Waals surface area contributed by atoms with Gasteiger partial charge in [0.05, 0.1) is 11.6 Å². The van der Waals surface area contributed by atoms with E-state index in [0.29, 0.717) is 24.0 Å². The van der Waals surface area contributed by atoms with Gasteiger partial charge < -0.3 is 14.6 Å². The molecule has 2 aliphatic heterocycles. The number of aromatic nitrogens is 1. The number of nitrogens with one attached hydrogen (secondary N) is 1. The molecule has 0 saturated carbocycles. The molecule has 3 heterocycles. The van der Waals surface area contributed by atoms with E-state index >= 15 is 0 Å². The molecule has 0 bridgehead atoms. The molecule has 208 valence electrons. The fourth-order valence-corrected chi connectivity index (χ4v) is 5.68. The average Bonchev–Trinajstić information content (AvgIpc) is 3.32. The monoisotopic (exact) mass is 553 g/mol. The summed E-state index contributed by atoms with van der Waals surface area (Å²) in [5.41, 5.74) is 2.85. The Balaban J connectivity index is 1.02. The van der Waals surface area contributed by atoms with Crippen molar-refractivity contribution in [2.45, 2.75) is 32.7 Å². The molecule has 0 unspecified atom stereocenters. The molecule has 39 heavy (non-hydrogen) atoms. The molecule has 0 aliphatic carbocycles. The van der Waals surface area contributed by atoms with Crippen LogP contribution in [0.2, 0.25) is 5.02 Å². The Morgan fingerprint density at radius 3 is 2.67 bits per heavy atom. The fourth-order valence-electron chi connectivity index (χ4n) is 5.48. The highest BCUT2D eigenvalue weighted by Crippen LogP contribution is 2.26. The Labute approximate surface area is 234 Å². The average molecular weight is 554 g/mol. The van der Waals surface area contributed by atoms with Crippen molar-refractivity contribution in [1.29, 1.82) is 0 Å². The van der Waals surface area contributed by atoms with Crippen molar-refractivity contribution in [3.05, 3.63) is 70.8 Å². The Morgan fingerprint density at radius 2 is 1.90 bits per heavy atom. The smallest absolute Gasteiger partial charge is 0.226 e. The first-order valence-corrected chi connectivity index (χ1v) is 14.3. The zero-order chi connectivity index (χ0) is 27.2. The SMILES string of the molecule is Cc1oc(-c2cccc(Cl)c2)nc1CN1CCC[C@@H](C(=O)NCCCN2CCN(c3ccc(F)cc3)CC2)C1. The van der Waals surface area contributed by atoms with Crippen LogP contribution in [0, 0.1) is 18.7 Å². The molecular formula is C30H37ClFN5O2. The van der Waals surface area contributed by atoms with Gasteiger partial charge in [-0.3, -0.25) is 14.6 Å². The number of carbonyl (C=O) groups excluding carboxylic acids is 1. The van der Waals surface area contributed by atoms with Crippen molar-refractivity contribution in [3.63, 3.8) is 0 Å². The topological polar surface area (TPSA) is 64.9 Å². The summed E-state index contributed by atoms with van der Waals surface area (Å²) in [6.07, 6.45) is 2.84. The summed E-state index contributed by atoms with van der Waals surface area (Å²) in [5, 5.41) is 3.83. The highest BCUT2D eigenvalue weighted by Gasteiger charge is 2.27. The summed E-state index contributed by atoms with van der Waals surface area (Å²) >= 11 is 6.13. The van der Waals surface area contributed by atoms with Crippen LogP contribution in [-0.2, 0) is 11.3 Å². The number of piperidine rings is 1. The number of nitrogens with zero attached hydrogens (tertiary/aromatic N) is 4. The van der Waals surface area contributed by atoms with E-state index in [1.165, 1.54) is 12.1 Å². The van der Waals surface area contributed by atoms with Gasteiger partial charge in [0.1, 0.15) is 11.6 Å². The molecule has 2 saturated heterocycles. The Hall–Kier alpha value is -2.94. The molecule has 1 aromatic heterocycles. The lowest BCUT2D eigenvalue weighted by Crippen LogP contribution is -2.47. The number of oxazole rings is 1. The van der Waals surface area contributed by atoms with E-state index < -0.39 is 0 Å². The molecule has 2 fully saturated rings. The van der Waals surface area contributed by atoms with Crippen LogP contribution in [0.25, 0.3) is 11.5 Å². The van der Waals surface area contributed by atoms with Crippen molar-refractivity contribution in [1.82, 2.24) is 20.1 Å². The van der Waals surface area contributed by atoms with Gasteiger partial charge in [0.15, 0.2) is 0 Å². The first kappa shape index (κ1) is 27.6. The van der Waals surface area contributed by atoms with Gasteiger partial charge in [0.25, 0.3) is 0 Å². The predicted octanol–water partition coefficient (Wildman–Crippen LogP) is 4.98. The molecule has 9 heteroatoms. The first-order chi connectivity index (χ1) is 18.9.